The summed E-state index contributed by atoms with van der Waals surface area (Å²) < 4.78 is 13.8. The summed E-state index contributed by atoms with van der Waals surface area (Å²) in [6.45, 7) is 0.321. The number of amides is 1. The molecule has 0 radical (unpaired) electrons. The Bertz CT molecular complexity index is 521. The minimum Gasteiger partial charge on any atom is -0.480 e. The molecule has 1 aromatic rings. The van der Waals surface area contributed by atoms with Gasteiger partial charge in [0.05, 0.1) is 10.6 Å². The van der Waals surface area contributed by atoms with Gasteiger partial charge in [0.25, 0.3) is 5.91 Å². The third-order valence-electron chi connectivity index (χ3n) is 3.23. The third kappa shape index (κ3) is 2.71. The fourth-order valence-electron chi connectivity index (χ4n) is 2.26. The second kappa shape index (κ2) is 5.57. The van der Waals surface area contributed by atoms with Crippen molar-refractivity contribution >= 4 is 23.5 Å². The molecule has 1 heterocycles. The smallest absolute Gasteiger partial charge is 0.326 e. The van der Waals surface area contributed by atoms with Crippen molar-refractivity contribution < 1.29 is 19.1 Å². The minimum absolute atomic E-state index is 0.144. The molecule has 19 heavy (non-hydrogen) atoms. The van der Waals surface area contributed by atoms with Crippen molar-refractivity contribution in [3.8, 4) is 0 Å². The first-order valence-electron chi connectivity index (χ1n) is 6.00. The lowest BCUT2D eigenvalue weighted by Crippen LogP contribution is -2.48. The highest BCUT2D eigenvalue weighted by molar-refractivity contribution is 6.31. The summed E-state index contributed by atoms with van der Waals surface area (Å²) >= 11 is 5.63. The summed E-state index contributed by atoms with van der Waals surface area (Å²) in [7, 11) is 0. The molecular weight excluding hydrogens is 273 g/mol. The van der Waals surface area contributed by atoms with Gasteiger partial charge in [-0.1, -0.05) is 17.7 Å². The fraction of sp³-hybridized carbons (Fsp3) is 0.385. The van der Waals surface area contributed by atoms with E-state index in [1.165, 1.54) is 23.1 Å². The molecule has 1 aromatic carbocycles. The van der Waals surface area contributed by atoms with Crippen LogP contribution in [0.1, 0.15) is 29.6 Å². The van der Waals surface area contributed by atoms with Crippen LogP contribution in [0, 0.1) is 5.82 Å². The van der Waals surface area contributed by atoms with Crippen molar-refractivity contribution in [1.82, 2.24) is 4.90 Å². The Morgan fingerprint density at radius 2 is 2.11 bits per heavy atom. The molecule has 1 atom stereocenters. The molecule has 1 fully saturated rings. The molecule has 1 aliphatic rings. The standard InChI is InChI=1S/C13H13ClFNO3/c14-9-5-3-4-8(11(9)15)12(17)16-7-2-1-6-10(16)13(18)19/h3-5,10H,1-2,6-7H2,(H,18,19)/t10-/m1/s1. The second-order valence-electron chi connectivity index (χ2n) is 4.45. The molecule has 0 aliphatic carbocycles. The number of carboxylic acid groups (broad SMARTS) is 1. The number of carbonyl (C=O) groups is 2. The first-order valence-corrected chi connectivity index (χ1v) is 6.38. The first kappa shape index (κ1) is 13.8. The molecule has 1 aliphatic heterocycles. The monoisotopic (exact) mass is 285 g/mol. The van der Waals surface area contributed by atoms with Crippen LogP contribution in [0.5, 0.6) is 0 Å². The summed E-state index contributed by atoms with van der Waals surface area (Å²) in [4.78, 5) is 24.6. The molecule has 0 bridgehead atoms. The quantitative estimate of drug-likeness (QED) is 0.908. The number of hydrogen-bond donors (Lipinski definition) is 1. The van der Waals surface area contributed by atoms with Crippen molar-refractivity contribution in [3.05, 3.63) is 34.6 Å². The van der Waals surface area contributed by atoms with Crippen LogP contribution in [0.4, 0.5) is 4.39 Å². The lowest BCUT2D eigenvalue weighted by Gasteiger charge is -2.33. The van der Waals surface area contributed by atoms with E-state index in [-0.39, 0.29) is 10.6 Å². The second-order valence-corrected chi connectivity index (χ2v) is 4.86. The van der Waals surface area contributed by atoms with Gasteiger partial charge >= 0.3 is 5.97 Å². The van der Waals surface area contributed by atoms with E-state index < -0.39 is 23.7 Å². The van der Waals surface area contributed by atoms with Gasteiger partial charge in [-0.05, 0) is 31.4 Å². The number of aliphatic carboxylic acids is 1. The van der Waals surface area contributed by atoms with Crippen molar-refractivity contribution in [2.24, 2.45) is 0 Å². The predicted molar refractivity (Wildman–Crippen MR) is 67.7 cm³/mol. The van der Waals surface area contributed by atoms with E-state index in [1.807, 2.05) is 0 Å². The number of likely N-dealkylation sites (tertiary alicyclic amines) is 1. The highest BCUT2D eigenvalue weighted by Crippen LogP contribution is 2.23. The number of hydrogen-bond acceptors (Lipinski definition) is 2. The van der Waals surface area contributed by atoms with Gasteiger partial charge in [0.15, 0.2) is 5.82 Å². The molecule has 2 rings (SSSR count). The summed E-state index contributed by atoms with van der Waals surface area (Å²) in [6, 6.07) is 3.24. The van der Waals surface area contributed by atoms with Gasteiger partial charge in [-0.25, -0.2) is 9.18 Å². The minimum atomic E-state index is -1.06. The Labute approximate surface area is 114 Å². The zero-order valence-electron chi connectivity index (χ0n) is 10.1. The van der Waals surface area contributed by atoms with Crippen molar-refractivity contribution in [1.29, 1.82) is 0 Å². The number of piperidine rings is 1. The van der Waals surface area contributed by atoms with E-state index in [0.29, 0.717) is 13.0 Å². The molecule has 0 aromatic heterocycles. The van der Waals surface area contributed by atoms with Crippen LogP contribution in [0.25, 0.3) is 0 Å². The van der Waals surface area contributed by atoms with Gasteiger partial charge in [0, 0.05) is 6.54 Å². The molecule has 0 unspecified atom stereocenters. The Morgan fingerprint density at radius 1 is 1.37 bits per heavy atom. The zero-order chi connectivity index (χ0) is 14.0. The SMILES string of the molecule is O=C(O)[C@H]1CCCCN1C(=O)c1cccc(Cl)c1F. The Balaban J connectivity index is 2.31. The molecule has 4 nitrogen and oxygen atoms in total. The predicted octanol–water partition coefficient (Wildman–Crippen LogP) is 2.56. The van der Waals surface area contributed by atoms with E-state index in [9.17, 15) is 14.0 Å². The number of nitrogens with zero attached hydrogens (tertiary/aromatic N) is 1. The molecule has 1 N–H and O–H groups in total. The maximum absolute atomic E-state index is 13.8. The maximum Gasteiger partial charge on any atom is 0.326 e. The van der Waals surface area contributed by atoms with Gasteiger partial charge in [-0.2, -0.15) is 0 Å². The van der Waals surface area contributed by atoms with Crippen LogP contribution in [0.15, 0.2) is 18.2 Å². The zero-order valence-corrected chi connectivity index (χ0v) is 10.9. The van der Waals surface area contributed by atoms with Gasteiger partial charge < -0.3 is 10.0 Å². The number of carboxylic acids is 1. The molecule has 1 saturated heterocycles. The van der Waals surface area contributed by atoms with Crippen LogP contribution < -0.4 is 0 Å². The number of carbonyl (C=O) groups excluding carboxylic acids is 1. The number of rotatable bonds is 2. The molecule has 0 saturated carbocycles. The average Bonchev–Trinajstić information content (AvgIpc) is 2.41. The summed E-state index contributed by atoms with van der Waals surface area (Å²) in [5.41, 5.74) is -0.180. The summed E-state index contributed by atoms with van der Waals surface area (Å²) in [5, 5.41) is 8.97. The number of benzene rings is 1. The Morgan fingerprint density at radius 3 is 2.79 bits per heavy atom. The van der Waals surface area contributed by atoms with Crippen molar-refractivity contribution in [2.45, 2.75) is 25.3 Å². The molecule has 6 heteroatoms. The summed E-state index contributed by atoms with van der Waals surface area (Å²) in [6.07, 6.45) is 1.86. The van der Waals surface area contributed by atoms with Crippen LogP contribution in [0.3, 0.4) is 0 Å². The van der Waals surface area contributed by atoms with Crippen LogP contribution in [0.2, 0.25) is 5.02 Å². The van der Waals surface area contributed by atoms with Crippen molar-refractivity contribution in [3.63, 3.8) is 0 Å². The summed E-state index contributed by atoms with van der Waals surface area (Å²) in [5.74, 6) is -2.48. The van der Waals surface area contributed by atoms with Crippen LogP contribution in [-0.2, 0) is 4.79 Å². The highest BCUT2D eigenvalue weighted by Gasteiger charge is 2.33. The fourth-order valence-corrected chi connectivity index (χ4v) is 2.43. The van der Waals surface area contributed by atoms with Gasteiger partial charge in [-0.3, -0.25) is 4.79 Å². The van der Waals surface area contributed by atoms with E-state index in [1.54, 1.807) is 0 Å². The lowest BCUT2D eigenvalue weighted by molar-refractivity contribution is -0.143. The first-order chi connectivity index (χ1) is 9.02. The molecule has 0 spiro atoms. The molecule has 102 valence electrons. The van der Waals surface area contributed by atoms with E-state index in [0.717, 1.165) is 12.8 Å². The average molecular weight is 286 g/mol. The molecule has 1 amide bonds. The topological polar surface area (TPSA) is 57.6 Å². The van der Waals surface area contributed by atoms with Gasteiger partial charge in [0.1, 0.15) is 6.04 Å². The van der Waals surface area contributed by atoms with Crippen LogP contribution in [-0.4, -0.2) is 34.5 Å². The molecular formula is C13H13ClFNO3. The number of halogens is 2. The Kier molecular flexibility index (Phi) is 4.04. The third-order valence-corrected chi connectivity index (χ3v) is 3.52. The van der Waals surface area contributed by atoms with E-state index in [2.05, 4.69) is 0 Å². The highest BCUT2D eigenvalue weighted by atomic mass is 35.5. The van der Waals surface area contributed by atoms with E-state index in [4.69, 9.17) is 16.7 Å². The van der Waals surface area contributed by atoms with E-state index >= 15 is 0 Å². The lowest BCUT2D eigenvalue weighted by atomic mass is 10.0. The van der Waals surface area contributed by atoms with Gasteiger partial charge in [0.2, 0.25) is 0 Å². The van der Waals surface area contributed by atoms with Crippen LogP contribution >= 0.6 is 11.6 Å². The maximum atomic E-state index is 13.8. The largest absolute Gasteiger partial charge is 0.480 e. The van der Waals surface area contributed by atoms with Gasteiger partial charge in [-0.15, -0.1) is 0 Å². The normalized spacial score (nSPS) is 19.3. The Hall–Kier alpha value is -1.62. The van der Waals surface area contributed by atoms with Crippen molar-refractivity contribution in [2.75, 3.05) is 6.54 Å².